The van der Waals surface area contributed by atoms with Crippen molar-refractivity contribution in [3.05, 3.63) is 39.4 Å². The van der Waals surface area contributed by atoms with Crippen LogP contribution in [0.2, 0.25) is 10.0 Å². The van der Waals surface area contributed by atoms with E-state index in [1.54, 1.807) is 0 Å². The van der Waals surface area contributed by atoms with Gasteiger partial charge in [0.15, 0.2) is 0 Å². The summed E-state index contributed by atoms with van der Waals surface area (Å²) in [5, 5.41) is 4.69. The number of hydrogen-bond donors (Lipinski definition) is 1. The van der Waals surface area contributed by atoms with Gasteiger partial charge in [-0.05, 0) is 30.5 Å². The SMILES string of the molecule is CCC(=Cc1cccc(Cl)c1Cl)CNCC(C)C. The molecule has 0 amide bonds. The van der Waals surface area contributed by atoms with E-state index in [2.05, 4.69) is 32.2 Å². The molecule has 1 aromatic carbocycles. The summed E-state index contributed by atoms with van der Waals surface area (Å²) in [4.78, 5) is 0. The van der Waals surface area contributed by atoms with E-state index in [-0.39, 0.29) is 0 Å². The number of benzene rings is 1. The molecule has 0 spiro atoms. The Hall–Kier alpha value is -0.500. The number of rotatable bonds is 6. The number of hydrogen-bond acceptors (Lipinski definition) is 1. The molecular formula is C15H21Cl2N. The maximum atomic E-state index is 6.18. The van der Waals surface area contributed by atoms with E-state index in [0.717, 1.165) is 25.1 Å². The van der Waals surface area contributed by atoms with E-state index in [0.29, 0.717) is 16.0 Å². The fourth-order valence-electron chi connectivity index (χ4n) is 1.65. The van der Waals surface area contributed by atoms with Gasteiger partial charge in [0.1, 0.15) is 0 Å². The molecule has 3 heteroatoms. The lowest BCUT2D eigenvalue weighted by molar-refractivity contribution is 0.569. The van der Waals surface area contributed by atoms with Crippen molar-refractivity contribution in [2.24, 2.45) is 5.92 Å². The van der Waals surface area contributed by atoms with Crippen molar-refractivity contribution in [1.82, 2.24) is 5.32 Å². The third-order valence-corrected chi connectivity index (χ3v) is 3.53. The first-order chi connectivity index (χ1) is 8.54. The molecule has 18 heavy (non-hydrogen) atoms. The van der Waals surface area contributed by atoms with Crippen LogP contribution in [0.15, 0.2) is 23.8 Å². The predicted molar refractivity (Wildman–Crippen MR) is 82.4 cm³/mol. The average Bonchev–Trinajstić information content (AvgIpc) is 2.33. The molecule has 1 rings (SSSR count). The summed E-state index contributed by atoms with van der Waals surface area (Å²) in [5.41, 5.74) is 2.33. The summed E-state index contributed by atoms with van der Waals surface area (Å²) in [6.07, 6.45) is 3.13. The zero-order valence-corrected chi connectivity index (χ0v) is 12.8. The second-order valence-corrected chi connectivity index (χ2v) is 5.61. The van der Waals surface area contributed by atoms with Crippen molar-refractivity contribution in [2.45, 2.75) is 27.2 Å². The van der Waals surface area contributed by atoms with Gasteiger partial charge in [-0.2, -0.15) is 0 Å². The van der Waals surface area contributed by atoms with Gasteiger partial charge < -0.3 is 5.32 Å². The summed E-state index contributed by atoms with van der Waals surface area (Å²) in [6.45, 7) is 8.49. The van der Waals surface area contributed by atoms with Crippen LogP contribution in [0.1, 0.15) is 32.8 Å². The Morgan fingerprint density at radius 2 is 2.06 bits per heavy atom. The van der Waals surface area contributed by atoms with Gasteiger partial charge in [0, 0.05) is 6.54 Å². The number of halogens is 2. The van der Waals surface area contributed by atoms with E-state index in [4.69, 9.17) is 23.2 Å². The fourth-order valence-corrected chi connectivity index (χ4v) is 2.01. The topological polar surface area (TPSA) is 12.0 Å². The molecule has 100 valence electrons. The van der Waals surface area contributed by atoms with Gasteiger partial charge in [-0.3, -0.25) is 0 Å². The van der Waals surface area contributed by atoms with E-state index in [1.807, 2.05) is 18.2 Å². The molecule has 1 N–H and O–H groups in total. The minimum atomic E-state index is 0.607. The summed E-state index contributed by atoms with van der Waals surface area (Å²) >= 11 is 12.2. The molecule has 0 saturated carbocycles. The molecule has 0 atom stereocenters. The molecule has 0 aliphatic carbocycles. The van der Waals surface area contributed by atoms with Gasteiger partial charge in [0.2, 0.25) is 0 Å². The molecule has 0 aromatic heterocycles. The quantitative estimate of drug-likeness (QED) is 0.773. The highest BCUT2D eigenvalue weighted by molar-refractivity contribution is 6.42. The standard InChI is InChI=1S/C15H21Cl2N/c1-4-12(10-18-9-11(2)3)8-13-6-5-7-14(16)15(13)17/h5-8,11,18H,4,9-10H2,1-3H3. The smallest absolute Gasteiger partial charge is 0.0664 e. The summed E-state index contributed by atoms with van der Waals surface area (Å²) < 4.78 is 0. The molecule has 0 unspecified atom stereocenters. The van der Waals surface area contributed by atoms with Crippen LogP contribution in [-0.4, -0.2) is 13.1 Å². The third-order valence-electron chi connectivity index (χ3n) is 2.70. The maximum Gasteiger partial charge on any atom is 0.0664 e. The predicted octanol–water partition coefficient (Wildman–Crippen LogP) is 5.03. The van der Waals surface area contributed by atoms with Crippen molar-refractivity contribution in [3.8, 4) is 0 Å². The molecule has 0 aliphatic heterocycles. The second-order valence-electron chi connectivity index (χ2n) is 4.82. The molecule has 0 aliphatic rings. The Bertz CT molecular complexity index is 411. The first kappa shape index (κ1) is 15.6. The van der Waals surface area contributed by atoms with Crippen LogP contribution in [0.3, 0.4) is 0 Å². The largest absolute Gasteiger partial charge is 0.313 e. The molecule has 0 bridgehead atoms. The Kier molecular flexibility index (Phi) is 6.77. The van der Waals surface area contributed by atoms with Crippen LogP contribution in [0, 0.1) is 5.92 Å². The van der Waals surface area contributed by atoms with E-state index in [1.165, 1.54) is 5.57 Å². The van der Waals surface area contributed by atoms with Gasteiger partial charge in [-0.1, -0.05) is 67.8 Å². The molecule has 1 aromatic rings. The monoisotopic (exact) mass is 285 g/mol. The fraction of sp³-hybridized carbons (Fsp3) is 0.467. The lowest BCUT2D eigenvalue weighted by Crippen LogP contribution is -2.21. The second kappa shape index (κ2) is 7.83. The lowest BCUT2D eigenvalue weighted by atomic mass is 10.1. The first-order valence-electron chi connectivity index (χ1n) is 6.38. The van der Waals surface area contributed by atoms with Crippen LogP contribution in [-0.2, 0) is 0 Å². The van der Waals surface area contributed by atoms with E-state index in [9.17, 15) is 0 Å². The van der Waals surface area contributed by atoms with Crippen molar-refractivity contribution in [1.29, 1.82) is 0 Å². The highest BCUT2D eigenvalue weighted by atomic mass is 35.5. The average molecular weight is 286 g/mol. The molecule has 0 saturated heterocycles. The van der Waals surface area contributed by atoms with Crippen LogP contribution in [0.4, 0.5) is 0 Å². The number of nitrogens with one attached hydrogen (secondary N) is 1. The van der Waals surface area contributed by atoms with Crippen molar-refractivity contribution in [2.75, 3.05) is 13.1 Å². The van der Waals surface area contributed by atoms with E-state index >= 15 is 0 Å². The van der Waals surface area contributed by atoms with Crippen molar-refractivity contribution in [3.63, 3.8) is 0 Å². The summed E-state index contributed by atoms with van der Waals surface area (Å²) in [6, 6.07) is 5.73. The van der Waals surface area contributed by atoms with Gasteiger partial charge in [-0.15, -0.1) is 0 Å². The minimum Gasteiger partial charge on any atom is -0.313 e. The van der Waals surface area contributed by atoms with Gasteiger partial charge in [0.25, 0.3) is 0 Å². The Labute approximate surface area is 120 Å². The Morgan fingerprint density at radius 1 is 1.33 bits per heavy atom. The zero-order chi connectivity index (χ0) is 13.5. The maximum absolute atomic E-state index is 6.18. The van der Waals surface area contributed by atoms with Crippen LogP contribution < -0.4 is 5.32 Å². The Balaban J connectivity index is 2.74. The highest BCUT2D eigenvalue weighted by Gasteiger charge is 2.03. The van der Waals surface area contributed by atoms with Gasteiger partial charge in [0.05, 0.1) is 10.0 Å². The zero-order valence-electron chi connectivity index (χ0n) is 11.3. The van der Waals surface area contributed by atoms with Crippen LogP contribution in [0.25, 0.3) is 6.08 Å². The summed E-state index contributed by atoms with van der Waals surface area (Å²) in [5.74, 6) is 0.665. The Morgan fingerprint density at radius 3 is 2.67 bits per heavy atom. The summed E-state index contributed by atoms with van der Waals surface area (Å²) in [7, 11) is 0. The lowest BCUT2D eigenvalue weighted by Gasteiger charge is -2.10. The van der Waals surface area contributed by atoms with Gasteiger partial charge in [-0.25, -0.2) is 0 Å². The molecule has 0 radical (unpaired) electrons. The third kappa shape index (κ3) is 5.01. The molecule has 1 nitrogen and oxygen atoms in total. The van der Waals surface area contributed by atoms with Gasteiger partial charge >= 0.3 is 0 Å². The van der Waals surface area contributed by atoms with Crippen LogP contribution in [0.5, 0.6) is 0 Å². The molecule has 0 fully saturated rings. The van der Waals surface area contributed by atoms with Crippen LogP contribution >= 0.6 is 23.2 Å². The van der Waals surface area contributed by atoms with E-state index < -0.39 is 0 Å². The highest BCUT2D eigenvalue weighted by Crippen LogP contribution is 2.27. The molecule has 0 heterocycles. The van der Waals surface area contributed by atoms with Crippen molar-refractivity contribution < 1.29 is 0 Å². The molecular weight excluding hydrogens is 265 g/mol. The van der Waals surface area contributed by atoms with Crippen molar-refractivity contribution >= 4 is 29.3 Å². The first-order valence-corrected chi connectivity index (χ1v) is 7.14. The normalized spacial score (nSPS) is 12.2. The minimum absolute atomic E-state index is 0.607.